The van der Waals surface area contributed by atoms with E-state index in [9.17, 15) is 13.2 Å². The predicted molar refractivity (Wildman–Crippen MR) is 72.8 cm³/mol. The average Bonchev–Trinajstić information content (AvgIpc) is 2.39. The van der Waals surface area contributed by atoms with Crippen LogP contribution in [0.1, 0.15) is 10.5 Å². The number of carbonyl (C=O) groups excluding carboxylic acids is 1. The first-order valence-electron chi connectivity index (χ1n) is 5.30. The Morgan fingerprint density at radius 3 is 2.25 bits per heavy atom. The molecule has 104 valence electrons. The molecule has 0 aliphatic rings. The molecule has 1 heterocycles. The Bertz CT molecular complexity index is 729. The number of primary sulfonamides is 1. The van der Waals surface area contributed by atoms with Gasteiger partial charge in [0.2, 0.25) is 10.0 Å². The lowest BCUT2D eigenvalue weighted by Crippen LogP contribution is -2.15. The molecule has 1 aromatic carbocycles. The number of benzene rings is 1. The third-order valence-electron chi connectivity index (χ3n) is 2.31. The van der Waals surface area contributed by atoms with E-state index in [4.69, 9.17) is 16.7 Å². The van der Waals surface area contributed by atoms with Crippen molar-refractivity contribution in [2.45, 2.75) is 4.90 Å². The molecule has 0 aliphatic heterocycles. The number of rotatable bonds is 3. The number of nitrogens with two attached hydrogens (primary N) is 1. The molecule has 0 bridgehead atoms. The van der Waals surface area contributed by atoms with E-state index < -0.39 is 15.9 Å². The van der Waals surface area contributed by atoms with Crippen LogP contribution in [0.5, 0.6) is 0 Å². The number of anilines is 1. The monoisotopic (exact) mass is 312 g/mol. The summed E-state index contributed by atoms with van der Waals surface area (Å²) in [5, 5.41) is 14.9. The number of carbonyl (C=O) groups is 1. The molecule has 0 spiro atoms. The summed E-state index contributed by atoms with van der Waals surface area (Å²) >= 11 is 5.56. The number of amides is 1. The van der Waals surface area contributed by atoms with Gasteiger partial charge in [-0.3, -0.25) is 4.79 Å². The topological polar surface area (TPSA) is 115 Å². The third kappa shape index (κ3) is 3.50. The fourth-order valence-corrected chi connectivity index (χ4v) is 1.98. The minimum atomic E-state index is -3.75. The van der Waals surface area contributed by atoms with E-state index in [2.05, 4.69) is 15.5 Å². The van der Waals surface area contributed by atoms with Crippen LogP contribution in [0.2, 0.25) is 5.15 Å². The molecule has 0 unspecified atom stereocenters. The molecule has 0 atom stereocenters. The highest BCUT2D eigenvalue weighted by Crippen LogP contribution is 2.13. The second-order valence-corrected chi connectivity index (χ2v) is 5.71. The Kier molecular flexibility index (Phi) is 3.98. The molecule has 1 aromatic heterocycles. The van der Waals surface area contributed by atoms with Gasteiger partial charge in [-0.15, -0.1) is 10.2 Å². The molecule has 3 N–H and O–H groups in total. The number of nitrogens with zero attached hydrogens (tertiary/aromatic N) is 2. The minimum Gasteiger partial charge on any atom is -0.321 e. The van der Waals surface area contributed by atoms with Gasteiger partial charge in [0, 0.05) is 5.69 Å². The van der Waals surface area contributed by atoms with Crippen molar-refractivity contribution in [1.82, 2.24) is 10.2 Å². The number of hydrogen-bond donors (Lipinski definition) is 2. The van der Waals surface area contributed by atoms with Crippen LogP contribution in [0.25, 0.3) is 0 Å². The molecular formula is C11H9ClN4O3S. The lowest BCUT2D eigenvalue weighted by atomic mass is 10.3. The van der Waals surface area contributed by atoms with Gasteiger partial charge >= 0.3 is 0 Å². The fraction of sp³-hybridized carbons (Fsp3) is 0. The summed E-state index contributed by atoms with van der Waals surface area (Å²) in [5.74, 6) is -0.488. The number of hydrogen-bond acceptors (Lipinski definition) is 5. The van der Waals surface area contributed by atoms with Crippen molar-refractivity contribution >= 4 is 33.2 Å². The van der Waals surface area contributed by atoms with Gasteiger partial charge in [0.25, 0.3) is 5.91 Å². The first-order chi connectivity index (χ1) is 9.36. The van der Waals surface area contributed by atoms with Crippen molar-refractivity contribution in [3.8, 4) is 0 Å². The molecule has 2 rings (SSSR count). The molecular weight excluding hydrogens is 304 g/mol. The highest BCUT2D eigenvalue weighted by molar-refractivity contribution is 7.89. The molecule has 7 nitrogen and oxygen atoms in total. The summed E-state index contributed by atoms with van der Waals surface area (Å²) in [7, 11) is -3.75. The third-order valence-corrected chi connectivity index (χ3v) is 3.44. The largest absolute Gasteiger partial charge is 0.321 e. The second kappa shape index (κ2) is 5.53. The zero-order valence-electron chi connectivity index (χ0n) is 9.95. The lowest BCUT2D eigenvalue weighted by molar-refractivity contribution is 0.102. The predicted octanol–water partition coefficient (Wildman–Crippen LogP) is 1.03. The fourth-order valence-electron chi connectivity index (χ4n) is 1.36. The van der Waals surface area contributed by atoms with Gasteiger partial charge in [-0.2, -0.15) is 0 Å². The zero-order valence-corrected chi connectivity index (χ0v) is 11.5. The first kappa shape index (κ1) is 14.4. The SMILES string of the molecule is NS(=O)(=O)c1ccc(NC(=O)c2ccc(Cl)nn2)cc1. The van der Waals surface area contributed by atoms with Crippen molar-refractivity contribution in [3.63, 3.8) is 0 Å². The van der Waals surface area contributed by atoms with Gasteiger partial charge in [0.1, 0.15) is 0 Å². The number of halogens is 1. The highest BCUT2D eigenvalue weighted by atomic mass is 35.5. The molecule has 2 aromatic rings. The van der Waals surface area contributed by atoms with E-state index in [0.717, 1.165) is 0 Å². The Hall–Kier alpha value is -2.03. The number of sulfonamides is 1. The van der Waals surface area contributed by atoms with Crippen LogP contribution < -0.4 is 10.5 Å². The second-order valence-electron chi connectivity index (χ2n) is 3.76. The zero-order chi connectivity index (χ0) is 14.8. The van der Waals surface area contributed by atoms with E-state index in [-0.39, 0.29) is 15.7 Å². The van der Waals surface area contributed by atoms with Gasteiger partial charge in [0.15, 0.2) is 10.8 Å². The van der Waals surface area contributed by atoms with Gasteiger partial charge in [-0.25, -0.2) is 13.6 Å². The summed E-state index contributed by atoms with van der Waals surface area (Å²) in [6.07, 6.45) is 0. The molecule has 0 radical (unpaired) electrons. The van der Waals surface area contributed by atoms with Crippen molar-refractivity contribution in [3.05, 3.63) is 47.2 Å². The molecule has 20 heavy (non-hydrogen) atoms. The standard InChI is InChI=1S/C11H9ClN4O3S/c12-10-6-5-9(15-16-10)11(17)14-7-1-3-8(4-2-7)20(13,18)19/h1-6H,(H,14,17)(H2,13,18,19). The summed E-state index contributed by atoms with van der Waals surface area (Å²) in [6.45, 7) is 0. The van der Waals surface area contributed by atoms with Crippen molar-refractivity contribution < 1.29 is 13.2 Å². The lowest BCUT2D eigenvalue weighted by Gasteiger charge is -2.05. The Balaban J connectivity index is 2.14. The highest BCUT2D eigenvalue weighted by Gasteiger charge is 2.10. The van der Waals surface area contributed by atoms with Gasteiger partial charge in [-0.1, -0.05) is 11.6 Å². The Morgan fingerprint density at radius 1 is 1.10 bits per heavy atom. The maximum Gasteiger partial charge on any atom is 0.276 e. The van der Waals surface area contributed by atoms with Crippen LogP contribution in [-0.2, 0) is 10.0 Å². The van der Waals surface area contributed by atoms with Crippen molar-refractivity contribution in [2.24, 2.45) is 5.14 Å². The summed E-state index contributed by atoms with van der Waals surface area (Å²) in [4.78, 5) is 11.8. The van der Waals surface area contributed by atoms with Crippen LogP contribution in [0, 0.1) is 0 Å². The van der Waals surface area contributed by atoms with Gasteiger partial charge in [0.05, 0.1) is 4.90 Å². The van der Waals surface area contributed by atoms with Crippen molar-refractivity contribution in [2.75, 3.05) is 5.32 Å². The average molecular weight is 313 g/mol. The minimum absolute atomic E-state index is 0.0400. The quantitative estimate of drug-likeness (QED) is 0.878. The molecule has 9 heteroatoms. The van der Waals surface area contributed by atoms with Crippen LogP contribution >= 0.6 is 11.6 Å². The van der Waals surface area contributed by atoms with Crippen LogP contribution in [0.4, 0.5) is 5.69 Å². The van der Waals surface area contributed by atoms with E-state index in [1.807, 2.05) is 0 Å². The smallest absolute Gasteiger partial charge is 0.276 e. The molecule has 0 aliphatic carbocycles. The molecule has 0 saturated heterocycles. The summed E-state index contributed by atoms with van der Waals surface area (Å²) < 4.78 is 22.2. The van der Waals surface area contributed by atoms with Crippen LogP contribution in [0.15, 0.2) is 41.3 Å². The van der Waals surface area contributed by atoms with Gasteiger partial charge < -0.3 is 5.32 Å². The molecule has 0 fully saturated rings. The maximum absolute atomic E-state index is 11.8. The van der Waals surface area contributed by atoms with E-state index in [1.54, 1.807) is 0 Å². The maximum atomic E-state index is 11.8. The Labute approximate surface area is 119 Å². The van der Waals surface area contributed by atoms with Gasteiger partial charge in [-0.05, 0) is 36.4 Å². The number of nitrogens with one attached hydrogen (secondary N) is 1. The molecule has 1 amide bonds. The summed E-state index contributed by atoms with van der Waals surface area (Å²) in [6, 6.07) is 8.27. The van der Waals surface area contributed by atoms with E-state index >= 15 is 0 Å². The van der Waals surface area contributed by atoms with E-state index in [0.29, 0.717) is 5.69 Å². The normalized spacial score (nSPS) is 11.1. The molecule has 0 saturated carbocycles. The Morgan fingerprint density at radius 2 is 1.75 bits per heavy atom. The van der Waals surface area contributed by atoms with Crippen LogP contribution in [-0.4, -0.2) is 24.5 Å². The van der Waals surface area contributed by atoms with E-state index in [1.165, 1.54) is 36.4 Å². The number of aromatic nitrogens is 2. The summed E-state index contributed by atoms with van der Waals surface area (Å²) in [5.41, 5.74) is 0.490. The van der Waals surface area contributed by atoms with Crippen LogP contribution in [0.3, 0.4) is 0 Å². The first-order valence-corrected chi connectivity index (χ1v) is 7.22. The van der Waals surface area contributed by atoms with Crippen molar-refractivity contribution in [1.29, 1.82) is 0 Å².